The van der Waals surface area contributed by atoms with Gasteiger partial charge in [0.25, 0.3) is 11.5 Å². The first-order chi connectivity index (χ1) is 18.4. The number of carbonyl (C=O) groups excluding carboxylic acids is 1. The third-order valence-corrected chi connectivity index (χ3v) is 7.44. The molecule has 0 radical (unpaired) electrons. The van der Waals surface area contributed by atoms with E-state index in [0.717, 1.165) is 5.56 Å². The van der Waals surface area contributed by atoms with E-state index in [9.17, 15) is 9.59 Å². The van der Waals surface area contributed by atoms with Gasteiger partial charge >= 0.3 is 0 Å². The van der Waals surface area contributed by atoms with Gasteiger partial charge in [-0.1, -0.05) is 53.3 Å². The third-order valence-electron chi connectivity index (χ3n) is 6.21. The van der Waals surface area contributed by atoms with Crippen LogP contribution in [0.2, 0.25) is 5.02 Å². The molecule has 1 aliphatic rings. The van der Waals surface area contributed by atoms with Crippen LogP contribution >= 0.6 is 22.9 Å². The van der Waals surface area contributed by atoms with E-state index in [0.29, 0.717) is 48.4 Å². The molecule has 4 aromatic rings. The van der Waals surface area contributed by atoms with Gasteiger partial charge in [0.1, 0.15) is 11.5 Å². The molecule has 1 aliphatic heterocycles. The van der Waals surface area contributed by atoms with Gasteiger partial charge in [-0.05, 0) is 61.0 Å². The Balaban J connectivity index is 1.69. The lowest BCUT2D eigenvalue weighted by Gasteiger charge is -2.25. The van der Waals surface area contributed by atoms with Crippen molar-refractivity contribution in [3.05, 3.63) is 120 Å². The molecule has 1 unspecified atom stereocenters. The number of rotatable bonds is 6. The van der Waals surface area contributed by atoms with E-state index in [4.69, 9.17) is 21.1 Å². The summed E-state index contributed by atoms with van der Waals surface area (Å²) >= 11 is 7.41. The summed E-state index contributed by atoms with van der Waals surface area (Å²) in [6.07, 6.45) is 1.76. The first-order valence-electron chi connectivity index (χ1n) is 11.8. The Morgan fingerprint density at radius 1 is 1.05 bits per heavy atom. The van der Waals surface area contributed by atoms with Crippen LogP contribution in [0.3, 0.4) is 0 Å². The van der Waals surface area contributed by atoms with Gasteiger partial charge in [0.05, 0.1) is 36.1 Å². The number of para-hydroxylation sites is 1. The number of methoxy groups -OCH3 is 2. The Hall–Kier alpha value is -4.14. The Kier molecular flexibility index (Phi) is 7.18. The molecule has 2 heterocycles. The summed E-state index contributed by atoms with van der Waals surface area (Å²) in [5.41, 5.74) is 2.73. The van der Waals surface area contributed by atoms with Crippen LogP contribution in [0.15, 0.2) is 93.9 Å². The molecule has 0 saturated carbocycles. The summed E-state index contributed by atoms with van der Waals surface area (Å²) in [7, 11) is 3.15. The molecule has 5 rings (SSSR count). The maximum Gasteiger partial charge on any atom is 0.271 e. The van der Waals surface area contributed by atoms with Gasteiger partial charge in [-0.25, -0.2) is 4.99 Å². The van der Waals surface area contributed by atoms with Gasteiger partial charge in [-0.2, -0.15) is 0 Å². The zero-order valence-corrected chi connectivity index (χ0v) is 22.5. The molecular formula is C29H24ClN3O4S. The Morgan fingerprint density at radius 2 is 1.79 bits per heavy atom. The number of allylic oxidation sites excluding steroid dienone is 1. The van der Waals surface area contributed by atoms with Crippen LogP contribution in [0.1, 0.15) is 24.1 Å². The number of aromatic nitrogens is 1. The average molecular weight is 546 g/mol. The highest BCUT2D eigenvalue weighted by Crippen LogP contribution is 2.31. The lowest BCUT2D eigenvalue weighted by atomic mass is 9.95. The van der Waals surface area contributed by atoms with Crippen molar-refractivity contribution in [2.45, 2.75) is 13.0 Å². The summed E-state index contributed by atoms with van der Waals surface area (Å²) in [6, 6.07) is 21.0. The molecule has 7 nitrogen and oxygen atoms in total. The lowest BCUT2D eigenvalue weighted by molar-refractivity contribution is -0.113. The monoisotopic (exact) mass is 545 g/mol. The van der Waals surface area contributed by atoms with Crippen molar-refractivity contribution >= 4 is 40.6 Å². The maximum atomic E-state index is 13.9. The molecule has 3 aromatic carbocycles. The van der Waals surface area contributed by atoms with Crippen molar-refractivity contribution in [2.75, 3.05) is 19.5 Å². The summed E-state index contributed by atoms with van der Waals surface area (Å²) in [6.45, 7) is 1.78. The molecule has 0 bridgehead atoms. The Labute approximate surface area is 228 Å². The number of thiazole rings is 1. The average Bonchev–Trinajstić information content (AvgIpc) is 3.22. The molecule has 0 fully saturated rings. The van der Waals surface area contributed by atoms with Gasteiger partial charge < -0.3 is 14.8 Å². The summed E-state index contributed by atoms with van der Waals surface area (Å²) in [5.74, 6) is 0.908. The standard InChI is InChI=1S/C29H24ClN3O4S/c1-17-25(27(34)32-21-7-5-4-6-8-21)26(18-9-11-20(30)12-10-18)33-28(35)24(38-29(33)31-17)16-19-15-22(36-2)13-14-23(19)37-3/h4-16,26H,1-3H3,(H,32,34)/b24-16-. The van der Waals surface area contributed by atoms with Gasteiger partial charge in [0.15, 0.2) is 4.80 Å². The largest absolute Gasteiger partial charge is 0.497 e. The molecule has 9 heteroatoms. The van der Waals surface area contributed by atoms with E-state index in [-0.39, 0.29) is 11.5 Å². The van der Waals surface area contributed by atoms with Gasteiger partial charge in [-0.15, -0.1) is 0 Å². The number of hydrogen-bond acceptors (Lipinski definition) is 6. The van der Waals surface area contributed by atoms with Crippen molar-refractivity contribution in [1.29, 1.82) is 0 Å². The Morgan fingerprint density at radius 3 is 2.47 bits per heavy atom. The van der Waals surface area contributed by atoms with Gasteiger partial charge in [-0.3, -0.25) is 14.2 Å². The molecule has 1 aromatic heterocycles. The number of anilines is 1. The Bertz CT molecular complexity index is 1720. The highest BCUT2D eigenvalue weighted by atomic mass is 35.5. The highest BCUT2D eigenvalue weighted by molar-refractivity contribution is 7.07. The molecule has 1 atom stereocenters. The number of fused-ring (bicyclic) bond motifs is 1. The van der Waals surface area contributed by atoms with Gasteiger partial charge in [0, 0.05) is 16.3 Å². The van der Waals surface area contributed by atoms with Crippen LogP contribution in [0.25, 0.3) is 6.08 Å². The van der Waals surface area contributed by atoms with Crippen LogP contribution in [-0.4, -0.2) is 24.7 Å². The van der Waals surface area contributed by atoms with Crippen molar-refractivity contribution in [1.82, 2.24) is 4.57 Å². The van der Waals surface area contributed by atoms with Crippen LogP contribution in [0.4, 0.5) is 5.69 Å². The topological polar surface area (TPSA) is 81.9 Å². The van der Waals surface area contributed by atoms with E-state index in [1.165, 1.54) is 11.3 Å². The number of ether oxygens (including phenoxy) is 2. The van der Waals surface area contributed by atoms with Crippen LogP contribution in [-0.2, 0) is 4.79 Å². The molecular weight excluding hydrogens is 522 g/mol. The first-order valence-corrected chi connectivity index (χ1v) is 13.0. The van der Waals surface area contributed by atoms with Crippen molar-refractivity contribution in [3.8, 4) is 11.5 Å². The number of carbonyl (C=O) groups is 1. The molecule has 38 heavy (non-hydrogen) atoms. The first kappa shape index (κ1) is 25.5. The number of nitrogens with one attached hydrogen (secondary N) is 1. The lowest BCUT2D eigenvalue weighted by Crippen LogP contribution is -2.40. The summed E-state index contributed by atoms with van der Waals surface area (Å²) in [5, 5.41) is 3.50. The second kappa shape index (κ2) is 10.7. The molecule has 0 spiro atoms. The molecule has 0 saturated heterocycles. The third kappa shape index (κ3) is 4.88. The quantitative estimate of drug-likeness (QED) is 0.385. The smallest absolute Gasteiger partial charge is 0.271 e. The number of amides is 1. The predicted molar refractivity (Wildman–Crippen MR) is 150 cm³/mol. The number of nitrogens with zero attached hydrogens (tertiary/aromatic N) is 2. The van der Waals surface area contributed by atoms with E-state index in [1.54, 1.807) is 62.1 Å². The van der Waals surface area contributed by atoms with E-state index >= 15 is 0 Å². The van der Waals surface area contributed by atoms with Crippen LogP contribution in [0, 0.1) is 0 Å². The fraction of sp³-hybridized carbons (Fsp3) is 0.138. The zero-order chi connectivity index (χ0) is 26.8. The second-order valence-electron chi connectivity index (χ2n) is 8.56. The minimum atomic E-state index is -0.693. The van der Waals surface area contributed by atoms with Crippen LogP contribution in [0.5, 0.6) is 11.5 Å². The van der Waals surface area contributed by atoms with E-state index < -0.39 is 6.04 Å². The minimum Gasteiger partial charge on any atom is -0.497 e. The summed E-state index contributed by atoms with van der Waals surface area (Å²) < 4.78 is 12.9. The number of hydrogen-bond donors (Lipinski definition) is 1. The molecule has 1 N–H and O–H groups in total. The molecule has 192 valence electrons. The van der Waals surface area contributed by atoms with E-state index in [1.807, 2.05) is 42.5 Å². The van der Waals surface area contributed by atoms with Crippen molar-refractivity contribution < 1.29 is 14.3 Å². The SMILES string of the molecule is COc1ccc(OC)c(/C=c2\sc3n(c2=O)C(c2ccc(Cl)cc2)C(C(=O)Nc2ccccc2)=C(C)N=3)c1. The minimum absolute atomic E-state index is 0.268. The second-order valence-corrected chi connectivity index (χ2v) is 10.0. The van der Waals surface area contributed by atoms with Crippen molar-refractivity contribution in [2.24, 2.45) is 4.99 Å². The van der Waals surface area contributed by atoms with Crippen molar-refractivity contribution in [3.63, 3.8) is 0 Å². The summed E-state index contributed by atoms with van der Waals surface area (Å²) in [4.78, 5) is 32.7. The predicted octanol–water partition coefficient (Wildman–Crippen LogP) is 4.54. The highest BCUT2D eigenvalue weighted by Gasteiger charge is 2.32. The number of benzene rings is 3. The fourth-order valence-corrected chi connectivity index (χ4v) is 5.55. The van der Waals surface area contributed by atoms with Crippen LogP contribution < -0.4 is 29.7 Å². The molecule has 1 amide bonds. The fourth-order valence-electron chi connectivity index (χ4n) is 4.39. The van der Waals surface area contributed by atoms with Gasteiger partial charge in [0.2, 0.25) is 0 Å². The van der Waals surface area contributed by atoms with E-state index in [2.05, 4.69) is 10.3 Å². The normalized spacial score (nSPS) is 15.1. The maximum absolute atomic E-state index is 13.9. The molecule has 0 aliphatic carbocycles. The number of halogens is 1. The zero-order valence-electron chi connectivity index (χ0n) is 20.9.